The van der Waals surface area contributed by atoms with Crippen LogP contribution in [-0.2, 0) is 7.05 Å². The van der Waals surface area contributed by atoms with Crippen LogP contribution in [0.1, 0.15) is 0 Å². The van der Waals surface area contributed by atoms with Crippen molar-refractivity contribution in [3.05, 3.63) is 36.7 Å². The number of ether oxygens (including phenoxy) is 1. The van der Waals surface area contributed by atoms with Crippen LogP contribution in [0.4, 0.5) is 4.79 Å². The van der Waals surface area contributed by atoms with Gasteiger partial charge in [-0.05, 0) is 12.1 Å². The van der Waals surface area contributed by atoms with Crippen molar-refractivity contribution in [2.75, 3.05) is 14.1 Å². The maximum absolute atomic E-state index is 11.5. The van der Waals surface area contributed by atoms with E-state index >= 15 is 0 Å². The summed E-state index contributed by atoms with van der Waals surface area (Å²) in [5.41, 5.74) is 0. The van der Waals surface area contributed by atoms with Crippen molar-refractivity contribution < 1.29 is 14.1 Å². The molecule has 0 aliphatic carbocycles. The molecule has 1 aromatic heterocycles. The van der Waals surface area contributed by atoms with Gasteiger partial charge in [0.25, 0.3) is 0 Å². The third-order valence-electron chi connectivity index (χ3n) is 2.48. The van der Waals surface area contributed by atoms with Gasteiger partial charge >= 0.3 is 6.09 Å². The molecule has 0 atom stereocenters. The number of carbonyl (C=O) groups is 1. The molecule has 1 heterocycles. The van der Waals surface area contributed by atoms with Gasteiger partial charge in [-0.3, -0.25) is 0 Å². The first-order valence-corrected chi connectivity index (χ1v) is 5.35. The van der Waals surface area contributed by atoms with Crippen LogP contribution < -0.4 is 9.30 Å². The fourth-order valence-corrected chi connectivity index (χ4v) is 1.58. The van der Waals surface area contributed by atoms with Gasteiger partial charge < -0.3 is 9.64 Å². The Morgan fingerprint density at radius 3 is 2.76 bits per heavy atom. The normalized spacial score (nSPS) is 10.3. The van der Waals surface area contributed by atoms with E-state index in [2.05, 4.69) is 0 Å². The summed E-state index contributed by atoms with van der Waals surface area (Å²) in [6.07, 6.45) is 3.54. The summed E-state index contributed by atoms with van der Waals surface area (Å²) in [4.78, 5) is 12.9. The molecule has 0 fully saturated rings. The minimum atomic E-state index is -0.370. The van der Waals surface area contributed by atoms with Crippen molar-refractivity contribution in [3.8, 4) is 5.75 Å². The third-order valence-corrected chi connectivity index (χ3v) is 2.48. The largest absolute Gasteiger partial charge is 0.414 e. The van der Waals surface area contributed by atoms with E-state index in [1.807, 2.05) is 42.2 Å². The Labute approximate surface area is 100 Å². The number of amides is 1. The zero-order valence-corrected chi connectivity index (χ0v) is 10.2. The molecule has 0 aliphatic heterocycles. The molecular formula is C13H15N2O2+. The summed E-state index contributed by atoms with van der Waals surface area (Å²) >= 11 is 0. The highest BCUT2D eigenvalue weighted by Crippen LogP contribution is 2.24. The van der Waals surface area contributed by atoms with E-state index in [0.717, 1.165) is 10.8 Å². The minimum Gasteiger partial charge on any atom is -0.410 e. The predicted octanol–water partition coefficient (Wildman–Crippen LogP) is 1.72. The van der Waals surface area contributed by atoms with Crippen molar-refractivity contribution in [1.82, 2.24) is 4.90 Å². The summed E-state index contributed by atoms with van der Waals surface area (Å²) in [6, 6.07) is 7.60. The van der Waals surface area contributed by atoms with E-state index in [1.54, 1.807) is 20.2 Å². The minimum absolute atomic E-state index is 0.370. The number of aromatic nitrogens is 1. The van der Waals surface area contributed by atoms with Crippen molar-refractivity contribution in [3.63, 3.8) is 0 Å². The first-order chi connectivity index (χ1) is 8.08. The lowest BCUT2D eigenvalue weighted by Crippen LogP contribution is -2.27. The quantitative estimate of drug-likeness (QED) is 0.700. The number of aryl methyl sites for hydroxylation is 1. The van der Waals surface area contributed by atoms with Crippen molar-refractivity contribution in [2.45, 2.75) is 0 Å². The van der Waals surface area contributed by atoms with Crippen LogP contribution >= 0.6 is 0 Å². The van der Waals surface area contributed by atoms with Crippen LogP contribution in [0.3, 0.4) is 0 Å². The Bertz CT molecular complexity index is 564. The average Bonchev–Trinajstić information content (AvgIpc) is 2.28. The van der Waals surface area contributed by atoms with E-state index in [1.165, 1.54) is 4.90 Å². The summed E-state index contributed by atoms with van der Waals surface area (Å²) in [5.74, 6) is 0.585. The number of rotatable bonds is 1. The van der Waals surface area contributed by atoms with E-state index in [4.69, 9.17) is 4.74 Å². The van der Waals surface area contributed by atoms with Crippen LogP contribution in [0.15, 0.2) is 36.7 Å². The van der Waals surface area contributed by atoms with Crippen molar-refractivity contribution in [2.24, 2.45) is 7.05 Å². The Morgan fingerprint density at radius 1 is 1.29 bits per heavy atom. The number of pyridine rings is 1. The van der Waals surface area contributed by atoms with Crippen LogP contribution in [0.5, 0.6) is 5.75 Å². The monoisotopic (exact) mass is 231 g/mol. The molecule has 0 spiro atoms. The average molecular weight is 231 g/mol. The van der Waals surface area contributed by atoms with E-state index < -0.39 is 0 Å². The van der Waals surface area contributed by atoms with Crippen LogP contribution in [0.2, 0.25) is 0 Å². The van der Waals surface area contributed by atoms with E-state index in [-0.39, 0.29) is 6.09 Å². The van der Waals surface area contributed by atoms with Crippen LogP contribution in [-0.4, -0.2) is 25.1 Å². The molecule has 88 valence electrons. The lowest BCUT2D eigenvalue weighted by Gasteiger charge is -2.11. The third kappa shape index (κ3) is 2.36. The number of carbonyl (C=O) groups excluding carboxylic acids is 1. The molecule has 1 aromatic carbocycles. The second-order valence-corrected chi connectivity index (χ2v) is 4.13. The topological polar surface area (TPSA) is 33.4 Å². The molecule has 2 aromatic rings. The number of hydrogen-bond donors (Lipinski definition) is 0. The van der Waals surface area contributed by atoms with Crippen molar-refractivity contribution in [1.29, 1.82) is 0 Å². The molecule has 0 unspecified atom stereocenters. The SMILES string of the molecule is CN(C)C(=O)Oc1cccc2c[n+](C)ccc12. The Morgan fingerprint density at radius 2 is 2.06 bits per heavy atom. The molecule has 17 heavy (non-hydrogen) atoms. The van der Waals surface area contributed by atoms with Gasteiger partial charge in [-0.2, -0.15) is 0 Å². The highest BCUT2D eigenvalue weighted by atomic mass is 16.6. The maximum atomic E-state index is 11.5. The summed E-state index contributed by atoms with van der Waals surface area (Å²) in [6.45, 7) is 0. The van der Waals surface area contributed by atoms with Gasteiger partial charge in [0, 0.05) is 30.9 Å². The molecule has 4 heteroatoms. The van der Waals surface area contributed by atoms with Crippen molar-refractivity contribution >= 4 is 16.9 Å². The molecule has 0 N–H and O–H groups in total. The molecule has 4 nitrogen and oxygen atoms in total. The molecular weight excluding hydrogens is 216 g/mol. The van der Waals surface area contributed by atoms with Gasteiger partial charge in [-0.15, -0.1) is 0 Å². The Hall–Kier alpha value is -2.10. The lowest BCUT2D eigenvalue weighted by atomic mass is 10.1. The first kappa shape index (κ1) is 11.4. The van der Waals surface area contributed by atoms with E-state index in [0.29, 0.717) is 5.75 Å². The Balaban J connectivity index is 2.44. The second-order valence-electron chi connectivity index (χ2n) is 4.13. The molecule has 0 bridgehead atoms. The zero-order valence-electron chi connectivity index (χ0n) is 10.2. The molecule has 0 saturated heterocycles. The summed E-state index contributed by atoms with van der Waals surface area (Å²) in [7, 11) is 5.28. The van der Waals surface area contributed by atoms with Gasteiger partial charge in [-0.25, -0.2) is 9.36 Å². The van der Waals surface area contributed by atoms with E-state index in [9.17, 15) is 4.79 Å². The highest BCUT2D eigenvalue weighted by molar-refractivity contribution is 5.88. The molecule has 2 rings (SSSR count). The Kier molecular flexibility index (Phi) is 2.95. The molecule has 0 saturated carbocycles. The summed E-state index contributed by atoms with van der Waals surface area (Å²) in [5, 5.41) is 1.97. The number of fused-ring (bicyclic) bond motifs is 1. The standard InChI is InChI=1S/C13H15N2O2/c1-14(2)13(16)17-12-6-4-5-10-9-15(3)8-7-11(10)12/h4-9H,1-3H3/q+1. The van der Waals surface area contributed by atoms with Gasteiger partial charge in [0.15, 0.2) is 12.4 Å². The molecule has 0 radical (unpaired) electrons. The highest BCUT2D eigenvalue weighted by Gasteiger charge is 2.10. The smallest absolute Gasteiger partial charge is 0.410 e. The molecule has 0 aliphatic rings. The fourth-order valence-electron chi connectivity index (χ4n) is 1.58. The summed E-state index contributed by atoms with van der Waals surface area (Å²) < 4.78 is 7.26. The predicted molar refractivity (Wildman–Crippen MR) is 64.8 cm³/mol. The maximum Gasteiger partial charge on any atom is 0.414 e. The van der Waals surface area contributed by atoms with Gasteiger partial charge in [-0.1, -0.05) is 6.07 Å². The first-order valence-electron chi connectivity index (χ1n) is 5.35. The number of benzene rings is 1. The lowest BCUT2D eigenvalue weighted by molar-refractivity contribution is -0.670. The number of nitrogens with zero attached hydrogens (tertiary/aromatic N) is 2. The second kappa shape index (κ2) is 4.41. The van der Waals surface area contributed by atoms with Gasteiger partial charge in [0.2, 0.25) is 0 Å². The van der Waals surface area contributed by atoms with Gasteiger partial charge in [0.05, 0.1) is 0 Å². The van der Waals surface area contributed by atoms with Crippen LogP contribution in [0, 0.1) is 0 Å². The van der Waals surface area contributed by atoms with Crippen LogP contribution in [0.25, 0.3) is 10.8 Å². The van der Waals surface area contributed by atoms with Gasteiger partial charge in [0.1, 0.15) is 12.8 Å². The zero-order chi connectivity index (χ0) is 12.4. The molecule has 1 amide bonds. The number of hydrogen-bond acceptors (Lipinski definition) is 2. The fraction of sp³-hybridized carbons (Fsp3) is 0.231.